The second-order valence-electron chi connectivity index (χ2n) is 3.14. The van der Waals surface area contributed by atoms with E-state index in [2.05, 4.69) is 0 Å². The average molecular weight is 161 g/mol. The van der Waals surface area contributed by atoms with E-state index >= 15 is 0 Å². The number of nitrogens with two attached hydrogens (primary N) is 1. The van der Waals surface area contributed by atoms with Crippen molar-refractivity contribution in [3.63, 3.8) is 0 Å². The van der Waals surface area contributed by atoms with Crippen LogP contribution in [0.25, 0.3) is 0 Å². The molecule has 0 spiro atoms. The molecule has 0 aromatic rings. The molecule has 0 aromatic heterocycles. The lowest BCUT2D eigenvalue weighted by Crippen LogP contribution is -2.25. The molecule has 1 nitrogen and oxygen atoms in total. The summed E-state index contributed by atoms with van der Waals surface area (Å²) in [6.07, 6.45) is 3.62. The van der Waals surface area contributed by atoms with Gasteiger partial charge in [0, 0.05) is 13.0 Å². The molecule has 1 aliphatic carbocycles. The SMILES string of the molecule is CC(F)(F)C1=CC(N)CCC1. The van der Waals surface area contributed by atoms with Crippen molar-refractivity contribution >= 4 is 0 Å². The van der Waals surface area contributed by atoms with Crippen LogP contribution in [0.15, 0.2) is 11.6 Å². The minimum atomic E-state index is -2.67. The highest BCUT2D eigenvalue weighted by molar-refractivity contribution is 5.16. The fourth-order valence-corrected chi connectivity index (χ4v) is 1.32. The van der Waals surface area contributed by atoms with E-state index in [-0.39, 0.29) is 11.6 Å². The zero-order valence-corrected chi connectivity index (χ0v) is 6.61. The monoisotopic (exact) mass is 161 g/mol. The Kier molecular flexibility index (Phi) is 2.28. The molecule has 1 unspecified atom stereocenters. The summed E-state index contributed by atoms with van der Waals surface area (Å²) in [5, 5.41) is 0. The van der Waals surface area contributed by atoms with Crippen LogP contribution in [-0.4, -0.2) is 12.0 Å². The van der Waals surface area contributed by atoms with Gasteiger partial charge in [-0.05, 0) is 24.8 Å². The van der Waals surface area contributed by atoms with Crippen molar-refractivity contribution in [2.24, 2.45) is 5.73 Å². The highest BCUT2D eigenvalue weighted by Gasteiger charge is 2.29. The van der Waals surface area contributed by atoms with Crippen LogP contribution in [0.4, 0.5) is 8.78 Å². The number of halogens is 2. The highest BCUT2D eigenvalue weighted by Crippen LogP contribution is 2.30. The van der Waals surface area contributed by atoms with Gasteiger partial charge in [0.25, 0.3) is 5.92 Å². The Balaban J connectivity index is 2.71. The summed E-state index contributed by atoms with van der Waals surface area (Å²) >= 11 is 0. The molecule has 0 radical (unpaired) electrons. The van der Waals surface area contributed by atoms with Gasteiger partial charge in [-0.3, -0.25) is 0 Å². The van der Waals surface area contributed by atoms with Crippen molar-refractivity contribution in [3.05, 3.63) is 11.6 Å². The standard InChI is InChI=1S/C8H13F2N/c1-8(9,10)6-3-2-4-7(11)5-6/h5,7H,2-4,11H2,1H3. The van der Waals surface area contributed by atoms with Crippen LogP contribution >= 0.6 is 0 Å². The van der Waals surface area contributed by atoms with Gasteiger partial charge in [-0.25, -0.2) is 8.78 Å². The van der Waals surface area contributed by atoms with Gasteiger partial charge in [-0.15, -0.1) is 0 Å². The van der Waals surface area contributed by atoms with Crippen molar-refractivity contribution in [2.75, 3.05) is 0 Å². The van der Waals surface area contributed by atoms with E-state index < -0.39 is 5.92 Å². The molecule has 0 saturated heterocycles. The Labute approximate surface area is 65.3 Å². The molecule has 0 amide bonds. The summed E-state index contributed by atoms with van der Waals surface area (Å²) in [6, 6.07) is -0.162. The van der Waals surface area contributed by atoms with Crippen molar-refractivity contribution < 1.29 is 8.78 Å². The van der Waals surface area contributed by atoms with Gasteiger partial charge < -0.3 is 5.73 Å². The number of rotatable bonds is 1. The van der Waals surface area contributed by atoms with E-state index in [0.717, 1.165) is 19.8 Å². The molecular formula is C8H13F2N. The molecule has 3 heteroatoms. The van der Waals surface area contributed by atoms with Crippen molar-refractivity contribution in [3.8, 4) is 0 Å². The second kappa shape index (κ2) is 2.89. The lowest BCUT2D eigenvalue weighted by atomic mass is 9.93. The number of allylic oxidation sites excluding steroid dienone is 1. The topological polar surface area (TPSA) is 26.0 Å². The first kappa shape index (κ1) is 8.65. The third kappa shape index (κ3) is 2.26. The molecule has 64 valence electrons. The first-order valence-electron chi connectivity index (χ1n) is 3.85. The van der Waals surface area contributed by atoms with E-state index in [0.29, 0.717) is 6.42 Å². The molecule has 0 aromatic carbocycles. The van der Waals surface area contributed by atoms with Gasteiger partial charge in [0.1, 0.15) is 0 Å². The van der Waals surface area contributed by atoms with E-state index in [1.54, 1.807) is 0 Å². The third-order valence-electron chi connectivity index (χ3n) is 1.96. The van der Waals surface area contributed by atoms with Gasteiger partial charge >= 0.3 is 0 Å². The fraction of sp³-hybridized carbons (Fsp3) is 0.750. The molecular weight excluding hydrogens is 148 g/mol. The van der Waals surface area contributed by atoms with Crippen LogP contribution < -0.4 is 5.73 Å². The molecule has 0 saturated carbocycles. The van der Waals surface area contributed by atoms with Crippen molar-refractivity contribution in [2.45, 2.75) is 38.2 Å². The summed E-state index contributed by atoms with van der Waals surface area (Å²) in [4.78, 5) is 0. The lowest BCUT2D eigenvalue weighted by molar-refractivity contribution is 0.0573. The summed E-state index contributed by atoms with van der Waals surface area (Å²) in [6.45, 7) is 0.927. The number of alkyl halides is 2. The first-order chi connectivity index (χ1) is 5.00. The predicted octanol–water partition coefficient (Wildman–Crippen LogP) is 2.08. The van der Waals surface area contributed by atoms with Crippen LogP contribution in [0.3, 0.4) is 0 Å². The maximum absolute atomic E-state index is 12.7. The zero-order chi connectivity index (χ0) is 8.48. The zero-order valence-electron chi connectivity index (χ0n) is 6.61. The molecule has 0 aliphatic heterocycles. The predicted molar refractivity (Wildman–Crippen MR) is 40.5 cm³/mol. The molecule has 1 atom stereocenters. The van der Waals surface area contributed by atoms with Crippen LogP contribution in [0.1, 0.15) is 26.2 Å². The molecule has 0 fully saturated rings. The smallest absolute Gasteiger partial charge is 0.266 e. The van der Waals surface area contributed by atoms with Gasteiger partial charge in [0.15, 0.2) is 0 Å². The van der Waals surface area contributed by atoms with Crippen LogP contribution in [-0.2, 0) is 0 Å². The molecule has 11 heavy (non-hydrogen) atoms. The van der Waals surface area contributed by atoms with Gasteiger partial charge in [-0.2, -0.15) is 0 Å². The normalized spacial score (nSPS) is 26.5. The summed E-state index contributed by atoms with van der Waals surface area (Å²) in [7, 11) is 0. The molecule has 2 N–H and O–H groups in total. The first-order valence-corrected chi connectivity index (χ1v) is 3.85. The Bertz CT molecular complexity index is 169. The van der Waals surface area contributed by atoms with Crippen LogP contribution in [0.5, 0.6) is 0 Å². The second-order valence-corrected chi connectivity index (χ2v) is 3.14. The average Bonchev–Trinajstić information content (AvgIpc) is 1.86. The molecule has 0 heterocycles. The Hall–Kier alpha value is -0.440. The minimum absolute atomic E-state index is 0.162. The van der Waals surface area contributed by atoms with E-state index in [1.165, 1.54) is 6.08 Å². The maximum Gasteiger partial charge on any atom is 0.266 e. The van der Waals surface area contributed by atoms with Gasteiger partial charge in [0.2, 0.25) is 0 Å². The van der Waals surface area contributed by atoms with Crippen molar-refractivity contribution in [1.29, 1.82) is 0 Å². The molecule has 1 aliphatic rings. The fourth-order valence-electron chi connectivity index (χ4n) is 1.32. The number of hydrogen-bond acceptors (Lipinski definition) is 1. The summed E-state index contributed by atoms with van der Waals surface area (Å²) in [5.41, 5.74) is 5.72. The summed E-state index contributed by atoms with van der Waals surface area (Å²) in [5.74, 6) is -2.67. The minimum Gasteiger partial charge on any atom is -0.324 e. The maximum atomic E-state index is 12.7. The van der Waals surface area contributed by atoms with Crippen LogP contribution in [0, 0.1) is 0 Å². The quantitative estimate of drug-likeness (QED) is 0.585. The van der Waals surface area contributed by atoms with Crippen LogP contribution in [0.2, 0.25) is 0 Å². The Morgan fingerprint density at radius 3 is 2.64 bits per heavy atom. The van der Waals surface area contributed by atoms with E-state index in [1.807, 2.05) is 0 Å². The summed E-state index contributed by atoms with van der Waals surface area (Å²) < 4.78 is 25.3. The van der Waals surface area contributed by atoms with E-state index in [4.69, 9.17) is 5.73 Å². The lowest BCUT2D eigenvalue weighted by Gasteiger charge is -2.22. The van der Waals surface area contributed by atoms with Gasteiger partial charge in [-0.1, -0.05) is 6.08 Å². The Morgan fingerprint density at radius 2 is 2.27 bits per heavy atom. The van der Waals surface area contributed by atoms with E-state index in [9.17, 15) is 8.78 Å². The highest BCUT2D eigenvalue weighted by atomic mass is 19.3. The van der Waals surface area contributed by atoms with Crippen molar-refractivity contribution in [1.82, 2.24) is 0 Å². The largest absolute Gasteiger partial charge is 0.324 e. The number of hydrogen-bond donors (Lipinski definition) is 1. The molecule has 0 bridgehead atoms. The third-order valence-corrected chi connectivity index (χ3v) is 1.96. The molecule has 1 rings (SSSR count). The van der Waals surface area contributed by atoms with Gasteiger partial charge in [0.05, 0.1) is 0 Å². The Morgan fingerprint density at radius 1 is 1.64 bits per heavy atom.